The predicted molar refractivity (Wildman–Crippen MR) is 122 cm³/mol. The molecular formula is C24H15F4N7O3. The fourth-order valence-corrected chi connectivity index (χ4v) is 3.81. The molecule has 0 atom stereocenters. The maximum absolute atomic E-state index is 14.9. The van der Waals surface area contributed by atoms with Crippen LogP contribution < -0.4 is 4.90 Å². The predicted octanol–water partition coefficient (Wildman–Crippen LogP) is 3.53. The summed E-state index contributed by atoms with van der Waals surface area (Å²) < 4.78 is 55.8. The summed E-state index contributed by atoms with van der Waals surface area (Å²) in [6.45, 7) is -0.341. The zero-order valence-electron chi connectivity index (χ0n) is 19.3. The normalized spacial score (nSPS) is 13.7. The number of alkyl halides is 3. The third-order valence-corrected chi connectivity index (χ3v) is 5.57. The summed E-state index contributed by atoms with van der Waals surface area (Å²) in [4.78, 5) is 36.0. The van der Waals surface area contributed by atoms with Crippen molar-refractivity contribution in [1.29, 1.82) is 0 Å². The highest BCUT2D eigenvalue weighted by Crippen LogP contribution is 2.33. The molecular weight excluding hydrogens is 510 g/mol. The topological polar surface area (TPSA) is 115 Å². The molecule has 3 heterocycles. The third kappa shape index (κ3) is 4.36. The van der Waals surface area contributed by atoms with Crippen LogP contribution in [0.25, 0.3) is 0 Å². The summed E-state index contributed by atoms with van der Waals surface area (Å²) in [5.41, 5.74) is -1.70. The molecule has 1 aliphatic heterocycles. The standard InChI is InChI=1S/C24H15F4N7O3/c1-34-21(30-32-33-34)20(16-9-5-10-17(19(16)25)24(26,27)28)31-38-12-13-6-4-11-18(29-13)35-22(36)14-7-2-3-8-15(14)23(35)37/h2-11H,12H2,1H3/b31-20+. The quantitative estimate of drug-likeness (QED) is 0.164. The van der Waals surface area contributed by atoms with E-state index in [1.807, 2.05) is 0 Å². The maximum Gasteiger partial charge on any atom is 0.419 e. The fraction of sp³-hybridized carbons (Fsp3) is 0.125. The molecule has 5 rings (SSSR count). The van der Waals surface area contributed by atoms with Gasteiger partial charge in [-0.05, 0) is 46.8 Å². The number of aromatic nitrogens is 5. The number of rotatable bonds is 6. The molecule has 0 saturated carbocycles. The van der Waals surface area contributed by atoms with Gasteiger partial charge in [0.2, 0.25) is 5.82 Å². The number of nitrogens with zero attached hydrogens (tertiary/aromatic N) is 7. The average Bonchev–Trinajstić information content (AvgIpc) is 3.42. The van der Waals surface area contributed by atoms with Gasteiger partial charge in [-0.25, -0.2) is 19.0 Å². The van der Waals surface area contributed by atoms with Gasteiger partial charge in [-0.3, -0.25) is 9.59 Å². The summed E-state index contributed by atoms with van der Waals surface area (Å²) in [7, 11) is 1.39. The molecule has 2 aromatic carbocycles. The van der Waals surface area contributed by atoms with Crippen LogP contribution in [0, 0.1) is 5.82 Å². The Hall–Kier alpha value is -5.01. The molecule has 0 radical (unpaired) electrons. The first-order valence-electron chi connectivity index (χ1n) is 10.9. The zero-order chi connectivity index (χ0) is 27.0. The number of tetrazole rings is 1. The number of carbonyl (C=O) groups is 2. The number of benzene rings is 2. The van der Waals surface area contributed by atoms with E-state index in [9.17, 15) is 27.2 Å². The van der Waals surface area contributed by atoms with Crippen molar-refractivity contribution in [2.45, 2.75) is 12.8 Å². The number of halogens is 4. The molecule has 0 spiro atoms. The monoisotopic (exact) mass is 525 g/mol. The first-order chi connectivity index (χ1) is 18.2. The van der Waals surface area contributed by atoms with Gasteiger partial charge in [0.25, 0.3) is 11.8 Å². The third-order valence-electron chi connectivity index (χ3n) is 5.57. The van der Waals surface area contributed by atoms with Crippen LogP contribution in [0.3, 0.4) is 0 Å². The second kappa shape index (κ2) is 9.46. The smallest absolute Gasteiger partial charge is 0.389 e. The number of hydrogen-bond acceptors (Lipinski definition) is 8. The number of carbonyl (C=O) groups excluding carboxylic acids is 2. The van der Waals surface area contributed by atoms with Crippen LogP contribution in [0.1, 0.15) is 43.4 Å². The van der Waals surface area contributed by atoms with E-state index in [4.69, 9.17) is 4.84 Å². The zero-order valence-corrected chi connectivity index (χ0v) is 19.3. The van der Waals surface area contributed by atoms with E-state index >= 15 is 0 Å². The van der Waals surface area contributed by atoms with E-state index in [1.165, 1.54) is 37.4 Å². The molecule has 38 heavy (non-hydrogen) atoms. The molecule has 0 saturated heterocycles. The Balaban J connectivity index is 1.44. The molecule has 2 amide bonds. The maximum atomic E-state index is 14.9. The van der Waals surface area contributed by atoms with Crippen LogP contribution >= 0.6 is 0 Å². The number of hydrogen-bond donors (Lipinski definition) is 0. The molecule has 0 unspecified atom stereocenters. The van der Waals surface area contributed by atoms with E-state index in [2.05, 4.69) is 25.7 Å². The highest BCUT2D eigenvalue weighted by atomic mass is 19.4. The molecule has 0 aliphatic carbocycles. The summed E-state index contributed by atoms with van der Waals surface area (Å²) in [6, 6.07) is 13.6. The molecule has 192 valence electrons. The minimum Gasteiger partial charge on any atom is -0.389 e. The van der Waals surface area contributed by atoms with Crippen molar-refractivity contribution < 1.29 is 32.0 Å². The highest BCUT2D eigenvalue weighted by Gasteiger charge is 2.37. The van der Waals surface area contributed by atoms with E-state index in [-0.39, 0.29) is 35.1 Å². The number of anilines is 1. The lowest BCUT2D eigenvalue weighted by atomic mass is 10.0. The van der Waals surface area contributed by atoms with Gasteiger partial charge >= 0.3 is 6.18 Å². The summed E-state index contributed by atoms with van der Waals surface area (Å²) in [6.07, 6.45) is -4.95. The van der Waals surface area contributed by atoms with Crippen molar-refractivity contribution >= 4 is 23.3 Å². The Kier molecular flexibility index (Phi) is 6.14. The van der Waals surface area contributed by atoms with E-state index in [0.29, 0.717) is 6.07 Å². The summed E-state index contributed by atoms with van der Waals surface area (Å²) >= 11 is 0. The van der Waals surface area contributed by atoms with E-state index in [1.54, 1.807) is 12.1 Å². The first kappa shape index (κ1) is 24.7. The van der Waals surface area contributed by atoms with Gasteiger partial charge in [-0.2, -0.15) is 13.2 Å². The lowest BCUT2D eigenvalue weighted by molar-refractivity contribution is -0.140. The van der Waals surface area contributed by atoms with Crippen molar-refractivity contribution in [3.63, 3.8) is 0 Å². The molecule has 10 nitrogen and oxygen atoms in total. The number of oxime groups is 1. The van der Waals surface area contributed by atoms with Crippen LogP contribution in [-0.4, -0.2) is 42.7 Å². The highest BCUT2D eigenvalue weighted by molar-refractivity contribution is 6.34. The number of pyridine rings is 1. The molecule has 2 aromatic heterocycles. The Morgan fingerprint density at radius 2 is 1.66 bits per heavy atom. The van der Waals surface area contributed by atoms with Gasteiger partial charge in [0.05, 0.1) is 22.4 Å². The van der Waals surface area contributed by atoms with Gasteiger partial charge in [-0.1, -0.05) is 29.4 Å². The Morgan fingerprint density at radius 3 is 2.29 bits per heavy atom. The molecule has 0 fully saturated rings. The van der Waals surface area contributed by atoms with Crippen LogP contribution in [0.15, 0.2) is 65.8 Å². The number of imide groups is 1. The molecule has 4 aromatic rings. The van der Waals surface area contributed by atoms with Crippen LogP contribution in [0.2, 0.25) is 0 Å². The minimum atomic E-state index is -4.95. The first-order valence-corrected chi connectivity index (χ1v) is 10.9. The second-order valence-corrected chi connectivity index (χ2v) is 7.98. The fourth-order valence-electron chi connectivity index (χ4n) is 3.81. The van der Waals surface area contributed by atoms with Crippen LogP contribution in [-0.2, 0) is 24.7 Å². The SMILES string of the molecule is Cn1nnnc1/C(=N/OCc1cccc(N2C(=O)c3ccccc3C2=O)n1)c1cccc(C(F)(F)F)c1F. The minimum absolute atomic E-state index is 0.0444. The van der Waals surface area contributed by atoms with E-state index < -0.39 is 40.6 Å². The Labute approximate surface area is 211 Å². The average molecular weight is 525 g/mol. The summed E-state index contributed by atoms with van der Waals surface area (Å²) in [5, 5.41) is 14.6. The largest absolute Gasteiger partial charge is 0.419 e. The lowest BCUT2D eigenvalue weighted by Gasteiger charge is -2.14. The summed E-state index contributed by atoms with van der Waals surface area (Å²) in [5.74, 6) is -2.76. The lowest BCUT2D eigenvalue weighted by Crippen LogP contribution is -2.30. The molecule has 14 heteroatoms. The van der Waals surface area contributed by atoms with Gasteiger partial charge in [0.1, 0.15) is 11.6 Å². The van der Waals surface area contributed by atoms with Crippen molar-refractivity contribution in [1.82, 2.24) is 25.2 Å². The molecule has 0 N–H and O–H groups in total. The van der Waals surface area contributed by atoms with Gasteiger partial charge in [0.15, 0.2) is 12.3 Å². The van der Waals surface area contributed by atoms with E-state index in [0.717, 1.165) is 21.7 Å². The molecule has 1 aliphatic rings. The van der Waals surface area contributed by atoms with Crippen molar-refractivity contribution in [3.05, 3.63) is 100 Å². The van der Waals surface area contributed by atoms with Gasteiger partial charge in [0, 0.05) is 12.6 Å². The Morgan fingerprint density at radius 1 is 0.974 bits per heavy atom. The van der Waals surface area contributed by atoms with Crippen LogP contribution in [0.5, 0.6) is 0 Å². The molecule has 0 bridgehead atoms. The van der Waals surface area contributed by atoms with Crippen LogP contribution in [0.4, 0.5) is 23.4 Å². The van der Waals surface area contributed by atoms with Crippen molar-refractivity contribution in [2.24, 2.45) is 12.2 Å². The van der Waals surface area contributed by atoms with Gasteiger partial charge < -0.3 is 4.84 Å². The van der Waals surface area contributed by atoms with Crippen molar-refractivity contribution in [2.75, 3.05) is 4.90 Å². The van der Waals surface area contributed by atoms with Gasteiger partial charge in [-0.15, -0.1) is 5.10 Å². The Bertz CT molecular complexity index is 1560. The number of amides is 2. The number of aryl methyl sites for hydroxylation is 1. The number of fused-ring (bicyclic) bond motifs is 1. The van der Waals surface area contributed by atoms with Crippen molar-refractivity contribution in [3.8, 4) is 0 Å². The second-order valence-electron chi connectivity index (χ2n) is 7.98.